The number of nitrogens with one attached hydrogen (secondary N) is 3. The summed E-state index contributed by atoms with van der Waals surface area (Å²) in [7, 11) is 1.87. The van der Waals surface area contributed by atoms with Crippen LogP contribution in [0.3, 0.4) is 0 Å². The fraction of sp³-hybridized carbons (Fsp3) is 0.556. The average molecular weight is 354 g/mol. The molecule has 24 heavy (non-hydrogen) atoms. The summed E-state index contributed by atoms with van der Waals surface area (Å²) in [6.45, 7) is 0.824. The summed E-state index contributed by atoms with van der Waals surface area (Å²) in [5.74, 6) is 0.224. The molecule has 0 aromatic heterocycles. The van der Waals surface area contributed by atoms with Crippen molar-refractivity contribution in [3.8, 4) is 0 Å². The first-order valence-electron chi connectivity index (χ1n) is 8.54. The Kier molecular flexibility index (Phi) is 9.42. The Morgan fingerprint density at radius 3 is 2.42 bits per heavy atom. The van der Waals surface area contributed by atoms with Crippen LogP contribution < -0.4 is 16.0 Å². The normalized spacial score (nSPS) is 14.5. The van der Waals surface area contributed by atoms with Gasteiger partial charge in [-0.25, -0.2) is 0 Å². The number of amides is 2. The van der Waals surface area contributed by atoms with E-state index >= 15 is 0 Å². The summed E-state index contributed by atoms with van der Waals surface area (Å²) >= 11 is 0. The van der Waals surface area contributed by atoms with Crippen molar-refractivity contribution in [2.75, 3.05) is 24.2 Å². The van der Waals surface area contributed by atoms with Crippen molar-refractivity contribution < 1.29 is 9.59 Å². The zero-order valence-corrected chi connectivity index (χ0v) is 15.1. The summed E-state index contributed by atoms with van der Waals surface area (Å²) in [5, 5.41) is 8.87. The number of halogens is 1. The van der Waals surface area contributed by atoms with Gasteiger partial charge < -0.3 is 16.0 Å². The minimum absolute atomic E-state index is 0. The van der Waals surface area contributed by atoms with E-state index in [0.717, 1.165) is 50.0 Å². The van der Waals surface area contributed by atoms with E-state index in [0.29, 0.717) is 6.42 Å². The number of carbonyl (C=O) groups excluding carboxylic acids is 2. The van der Waals surface area contributed by atoms with E-state index < -0.39 is 0 Å². The van der Waals surface area contributed by atoms with Crippen LogP contribution in [-0.4, -0.2) is 25.4 Å². The number of rotatable bonds is 7. The van der Waals surface area contributed by atoms with E-state index in [-0.39, 0.29) is 30.1 Å². The first-order chi connectivity index (χ1) is 11.2. The van der Waals surface area contributed by atoms with Gasteiger partial charge in [0.2, 0.25) is 11.8 Å². The molecule has 1 saturated carbocycles. The number of carbonyl (C=O) groups is 2. The second-order valence-electron chi connectivity index (χ2n) is 6.16. The lowest BCUT2D eigenvalue weighted by atomic mass is 9.88. The van der Waals surface area contributed by atoms with E-state index in [2.05, 4.69) is 16.0 Å². The van der Waals surface area contributed by atoms with E-state index in [9.17, 15) is 9.59 Å². The van der Waals surface area contributed by atoms with Crippen molar-refractivity contribution in [3.63, 3.8) is 0 Å². The van der Waals surface area contributed by atoms with E-state index in [1.54, 1.807) is 0 Å². The summed E-state index contributed by atoms with van der Waals surface area (Å²) in [4.78, 5) is 24.1. The molecule has 3 N–H and O–H groups in total. The smallest absolute Gasteiger partial charge is 0.227 e. The first-order valence-corrected chi connectivity index (χ1v) is 8.54. The van der Waals surface area contributed by atoms with E-state index in [1.165, 1.54) is 6.42 Å². The molecule has 1 aliphatic rings. The molecule has 0 heterocycles. The predicted octanol–water partition coefficient (Wildman–Crippen LogP) is 3.57. The van der Waals surface area contributed by atoms with Gasteiger partial charge in [-0.2, -0.15) is 0 Å². The molecule has 0 spiro atoms. The third-order valence-electron chi connectivity index (χ3n) is 4.22. The van der Waals surface area contributed by atoms with Crippen LogP contribution >= 0.6 is 12.4 Å². The third-order valence-corrected chi connectivity index (χ3v) is 4.22. The summed E-state index contributed by atoms with van der Waals surface area (Å²) in [6, 6.07) is 7.36. The average Bonchev–Trinajstić information content (AvgIpc) is 2.56. The van der Waals surface area contributed by atoms with Crippen LogP contribution in [0.5, 0.6) is 0 Å². The van der Waals surface area contributed by atoms with Gasteiger partial charge in [-0.3, -0.25) is 9.59 Å². The monoisotopic (exact) mass is 353 g/mol. The Hall–Kier alpha value is -1.59. The Morgan fingerprint density at radius 2 is 1.75 bits per heavy atom. The standard InChI is InChI=1S/C18H27N3O2.ClH/c1-19-12-6-11-17(22)20-15-9-5-10-16(13-15)21-18(23)14-7-3-2-4-8-14;/h5,9-10,13-14,19H,2-4,6-8,11-12H2,1H3,(H,20,22)(H,21,23);1H. The highest BCUT2D eigenvalue weighted by Gasteiger charge is 2.21. The molecule has 0 atom stereocenters. The summed E-state index contributed by atoms with van der Waals surface area (Å²) < 4.78 is 0. The van der Waals surface area contributed by atoms with Crippen LogP contribution in [0.2, 0.25) is 0 Å². The van der Waals surface area contributed by atoms with Crippen molar-refractivity contribution >= 4 is 35.6 Å². The highest BCUT2D eigenvalue weighted by Crippen LogP contribution is 2.25. The van der Waals surface area contributed by atoms with Crippen LogP contribution in [0.15, 0.2) is 24.3 Å². The third kappa shape index (κ3) is 6.89. The van der Waals surface area contributed by atoms with Crippen molar-refractivity contribution in [2.45, 2.75) is 44.9 Å². The topological polar surface area (TPSA) is 70.2 Å². The Morgan fingerprint density at radius 1 is 1.08 bits per heavy atom. The fourth-order valence-electron chi connectivity index (χ4n) is 2.93. The lowest BCUT2D eigenvalue weighted by molar-refractivity contribution is -0.120. The van der Waals surface area contributed by atoms with Crippen molar-refractivity contribution in [1.29, 1.82) is 0 Å². The molecule has 0 saturated heterocycles. The lowest BCUT2D eigenvalue weighted by Crippen LogP contribution is -2.24. The quantitative estimate of drug-likeness (QED) is 0.656. The van der Waals surface area contributed by atoms with Gasteiger partial charge in [0.25, 0.3) is 0 Å². The molecule has 0 aliphatic heterocycles. The van der Waals surface area contributed by atoms with Gasteiger partial charge in [-0.05, 0) is 51.1 Å². The number of benzene rings is 1. The molecule has 1 aromatic rings. The van der Waals surface area contributed by atoms with Gasteiger partial charge in [-0.1, -0.05) is 25.3 Å². The van der Waals surface area contributed by atoms with Crippen LogP contribution in [0.4, 0.5) is 11.4 Å². The highest BCUT2D eigenvalue weighted by molar-refractivity contribution is 5.95. The predicted molar refractivity (Wildman–Crippen MR) is 101 cm³/mol. The molecule has 2 amide bonds. The second kappa shape index (κ2) is 11.0. The molecule has 1 aliphatic carbocycles. The minimum atomic E-state index is -0.00370. The van der Waals surface area contributed by atoms with Crippen molar-refractivity contribution in [3.05, 3.63) is 24.3 Å². The first kappa shape index (κ1) is 20.5. The minimum Gasteiger partial charge on any atom is -0.326 e. The van der Waals surface area contributed by atoms with Gasteiger partial charge >= 0.3 is 0 Å². The molecule has 0 bridgehead atoms. The molecule has 0 unspecified atom stereocenters. The van der Waals surface area contributed by atoms with Crippen LogP contribution in [-0.2, 0) is 9.59 Å². The Balaban J connectivity index is 0.00000288. The number of anilines is 2. The highest BCUT2D eigenvalue weighted by atomic mass is 35.5. The SMILES string of the molecule is CNCCCC(=O)Nc1cccc(NC(=O)C2CCCCC2)c1.Cl. The number of hydrogen-bond acceptors (Lipinski definition) is 3. The molecule has 6 heteroatoms. The maximum absolute atomic E-state index is 12.3. The van der Waals surface area contributed by atoms with Crippen molar-refractivity contribution in [2.24, 2.45) is 5.92 Å². The zero-order valence-electron chi connectivity index (χ0n) is 14.3. The van der Waals surface area contributed by atoms with Crippen molar-refractivity contribution in [1.82, 2.24) is 5.32 Å². The maximum atomic E-state index is 12.3. The molecule has 134 valence electrons. The van der Waals surface area contributed by atoms with Gasteiger partial charge in [0, 0.05) is 23.7 Å². The Labute approximate surface area is 150 Å². The maximum Gasteiger partial charge on any atom is 0.227 e. The van der Waals surface area contributed by atoms with Crippen LogP contribution in [0, 0.1) is 5.92 Å². The van der Waals surface area contributed by atoms with E-state index in [1.807, 2.05) is 31.3 Å². The zero-order chi connectivity index (χ0) is 16.5. The molecule has 1 fully saturated rings. The van der Waals surface area contributed by atoms with Crippen LogP contribution in [0.1, 0.15) is 44.9 Å². The molecule has 0 radical (unpaired) electrons. The lowest BCUT2D eigenvalue weighted by Gasteiger charge is -2.20. The van der Waals surface area contributed by atoms with Gasteiger partial charge in [0.1, 0.15) is 0 Å². The van der Waals surface area contributed by atoms with Gasteiger partial charge in [-0.15, -0.1) is 12.4 Å². The molecule has 2 rings (SSSR count). The fourth-order valence-corrected chi connectivity index (χ4v) is 2.93. The van der Waals surface area contributed by atoms with Gasteiger partial charge in [0.05, 0.1) is 0 Å². The second-order valence-corrected chi connectivity index (χ2v) is 6.16. The van der Waals surface area contributed by atoms with E-state index in [4.69, 9.17) is 0 Å². The molecular weight excluding hydrogens is 326 g/mol. The summed E-state index contributed by atoms with van der Waals surface area (Å²) in [6.07, 6.45) is 6.77. The number of hydrogen-bond donors (Lipinski definition) is 3. The Bertz CT molecular complexity index is 531. The largest absolute Gasteiger partial charge is 0.326 e. The summed E-state index contributed by atoms with van der Waals surface area (Å²) in [5.41, 5.74) is 1.47. The molecule has 5 nitrogen and oxygen atoms in total. The van der Waals surface area contributed by atoms with Gasteiger partial charge in [0.15, 0.2) is 0 Å². The molecular formula is C18H28ClN3O2. The van der Waals surface area contributed by atoms with Crippen LogP contribution in [0.25, 0.3) is 0 Å². The molecule has 1 aromatic carbocycles.